The van der Waals surface area contributed by atoms with Gasteiger partial charge in [-0.05, 0) is 108 Å². The lowest BCUT2D eigenvalue weighted by molar-refractivity contribution is -0.136. The average molecular weight is 578 g/mol. The summed E-state index contributed by atoms with van der Waals surface area (Å²) >= 11 is 0. The number of nitrogens with two attached hydrogens (primary N) is 1. The van der Waals surface area contributed by atoms with Gasteiger partial charge in [0.2, 0.25) is 0 Å². The first-order chi connectivity index (χ1) is 19.8. The van der Waals surface area contributed by atoms with Gasteiger partial charge >= 0.3 is 6.09 Å². The Bertz CT molecular complexity index is 1300. The molecule has 2 aliphatic heterocycles. The molecule has 2 amide bonds. The fourth-order valence-electron chi connectivity index (χ4n) is 7.12. The Morgan fingerprint density at radius 3 is 2.36 bits per heavy atom. The van der Waals surface area contributed by atoms with Gasteiger partial charge in [-0.1, -0.05) is 30.3 Å². The van der Waals surface area contributed by atoms with E-state index in [1.807, 2.05) is 70.2 Å². The maximum atomic E-state index is 13.2. The van der Waals surface area contributed by atoms with Crippen molar-refractivity contribution in [2.24, 2.45) is 11.7 Å². The molecule has 2 saturated heterocycles. The lowest BCUT2D eigenvalue weighted by Gasteiger charge is -2.58. The van der Waals surface area contributed by atoms with Crippen molar-refractivity contribution in [3.63, 3.8) is 0 Å². The largest absolute Gasteiger partial charge is 0.488 e. The van der Waals surface area contributed by atoms with Gasteiger partial charge in [-0.25, -0.2) is 4.79 Å². The molecule has 8 nitrogen and oxygen atoms in total. The molecule has 2 heterocycles. The minimum Gasteiger partial charge on any atom is -0.488 e. The van der Waals surface area contributed by atoms with E-state index in [1.165, 1.54) is 12.8 Å². The highest BCUT2D eigenvalue weighted by atomic mass is 16.6. The number of nitrogens with zero attached hydrogens (tertiary/aromatic N) is 2. The SMILES string of the molecule is Cc1cc(C(N)=O)c(OCc2ccccc2)cc1C12CCN(C(=O)OC(C)(C)C)CCC1(O)C(C)N(CC1CC1)CC2. The molecular weight excluding hydrogens is 530 g/mol. The van der Waals surface area contributed by atoms with Crippen LogP contribution >= 0.6 is 0 Å². The van der Waals surface area contributed by atoms with E-state index in [-0.39, 0.29) is 12.1 Å². The van der Waals surface area contributed by atoms with E-state index in [0.717, 1.165) is 36.2 Å². The van der Waals surface area contributed by atoms with Crippen LogP contribution in [0.15, 0.2) is 42.5 Å². The molecule has 228 valence electrons. The molecule has 8 heteroatoms. The first-order valence-corrected chi connectivity index (χ1v) is 15.4. The van der Waals surface area contributed by atoms with Crippen LogP contribution in [-0.2, 0) is 16.8 Å². The number of aliphatic hydroxyl groups is 1. The van der Waals surface area contributed by atoms with Crippen LogP contribution in [0.5, 0.6) is 5.75 Å². The monoisotopic (exact) mass is 577 g/mol. The summed E-state index contributed by atoms with van der Waals surface area (Å²) in [4.78, 5) is 29.9. The van der Waals surface area contributed by atoms with Crippen molar-refractivity contribution in [2.75, 3.05) is 26.2 Å². The van der Waals surface area contributed by atoms with Crippen LogP contribution in [0.4, 0.5) is 4.79 Å². The van der Waals surface area contributed by atoms with Crippen LogP contribution in [0.3, 0.4) is 0 Å². The maximum absolute atomic E-state index is 13.2. The molecule has 1 aliphatic carbocycles. The average Bonchev–Trinajstić information content (AvgIpc) is 3.76. The van der Waals surface area contributed by atoms with Gasteiger partial charge in [-0.2, -0.15) is 0 Å². The number of rotatable bonds is 7. The summed E-state index contributed by atoms with van der Waals surface area (Å²) in [6.07, 6.45) is 3.86. The number of aryl methyl sites for hydroxylation is 1. The molecule has 2 aromatic carbocycles. The normalized spacial score (nSPS) is 26.7. The Morgan fingerprint density at radius 2 is 1.71 bits per heavy atom. The van der Waals surface area contributed by atoms with E-state index >= 15 is 0 Å². The summed E-state index contributed by atoms with van der Waals surface area (Å²) < 4.78 is 12.0. The third-order valence-electron chi connectivity index (χ3n) is 9.65. The molecule has 3 N–H and O–H groups in total. The maximum Gasteiger partial charge on any atom is 0.410 e. The first kappa shape index (κ1) is 30.4. The predicted molar refractivity (Wildman–Crippen MR) is 163 cm³/mol. The molecule has 0 radical (unpaired) electrons. The van der Waals surface area contributed by atoms with Gasteiger partial charge in [0.15, 0.2) is 0 Å². The van der Waals surface area contributed by atoms with Crippen LogP contribution in [-0.4, -0.2) is 70.3 Å². The van der Waals surface area contributed by atoms with E-state index < -0.39 is 22.5 Å². The lowest BCUT2D eigenvalue weighted by atomic mass is 9.57. The van der Waals surface area contributed by atoms with Crippen LogP contribution in [0.25, 0.3) is 0 Å². The minimum atomic E-state index is -1.12. The molecule has 3 fully saturated rings. The second-order valence-electron chi connectivity index (χ2n) is 13.6. The zero-order valence-electron chi connectivity index (χ0n) is 25.8. The number of carbonyl (C=O) groups excluding carboxylic acids is 2. The van der Waals surface area contributed by atoms with E-state index in [1.54, 1.807) is 4.90 Å². The Labute approximate surface area is 250 Å². The molecule has 2 aromatic rings. The summed E-state index contributed by atoms with van der Waals surface area (Å²) in [5.41, 5.74) is 6.60. The van der Waals surface area contributed by atoms with E-state index in [9.17, 15) is 14.7 Å². The highest BCUT2D eigenvalue weighted by molar-refractivity contribution is 5.96. The summed E-state index contributed by atoms with van der Waals surface area (Å²) in [6, 6.07) is 13.4. The molecule has 0 spiro atoms. The first-order valence-electron chi connectivity index (χ1n) is 15.4. The van der Waals surface area contributed by atoms with Crippen LogP contribution in [0.1, 0.15) is 86.8 Å². The quantitative estimate of drug-likeness (QED) is 0.470. The number of hydrogen-bond acceptors (Lipinski definition) is 6. The number of amides is 2. The van der Waals surface area contributed by atoms with Crippen molar-refractivity contribution in [1.29, 1.82) is 0 Å². The van der Waals surface area contributed by atoms with Crippen molar-refractivity contribution in [2.45, 2.75) is 96.0 Å². The zero-order valence-corrected chi connectivity index (χ0v) is 25.8. The van der Waals surface area contributed by atoms with E-state index in [4.69, 9.17) is 15.2 Å². The van der Waals surface area contributed by atoms with Crippen LogP contribution < -0.4 is 10.5 Å². The topological polar surface area (TPSA) is 105 Å². The van der Waals surface area contributed by atoms with Gasteiger partial charge in [-0.3, -0.25) is 9.69 Å². The molecule has 0 bridgehead atoms. The summed E-state index contributed by atoms with van der Waals surface area (Å²) in [7, 11) is 0. The third-order valence-corrected chi connectivity index (χ3v) is 9.65. The number of fused-ring (bicyclic) bond motifs is 1. The minimum absolute atomic E-state index is 0.116. The Balaban J connectivity index is 1.56. The number of piperidine rings is 1. The number of benzene rings is 2. The zero-order chi connectivity index (χ0) is 30.3. The number of carbonyl (C=O) groups is 2. The van der Waals surface area contributed by atoms with Gasteiger partial charge in [0.25, 0.3) is 5.91 Å². The predicted octanol–water partition coefficient (Wildman–Crippen LogP) is 5.18. The van der Waals surface area contributed by atoms with Crippen LogP contribution in [0.2, 0.25) is 0 Å². The Kier molecular flexibility index (Phi) is 8.33. The molecule has 42 heavy (non-hydrogen) atoms. The van der Waals surface area contributed by atoms with Crippen molar-refractivity contribution >= 4 is 12.0 Å². The molecular formula is C34H47N3O5. The molecule has 1 saturated carbocycles. The summed E-state index contributed by atoms with van der Waals surface area (Å²) in [5, 5.41) is 12.9. The molecule has 3 aliphatic rings. The Hall–Kier alpha value is -3.10. The van der Waals surface area contributed by atoms with Gasteiger partial charge < -0.3 is 25.2 Å². The fourth-order valence-corrected chi connectivity index (χ4v) is 7.12. The van der Waals surface area contributed by atoms with E-state index in [0.29, 0.717) is 49.8 Å². The highest BCUT2D eigenvalue weighted by Gasteiger charge is 2.60. The second kappa shape index (κ2) is 11.5. The fraction of sp³-hybridized carbons (Fsp3) is 0.588. The molecule has 0 aromatic heterocycles. The lowest BCUT2D eigenvalue weighted by Crippen LogP contribution is -2.68. The third kappa shape index (κ3) is 6.02. The van der Waals surface area contributed by atoms with Crippen molar-refractivity contribution in [1.82, 2.24) is 9.80 Å². The number of primary amides is 1. The highest BCUT2D eigenvalue weighted by Crippen LogP contribution is 2.53. The Morgan fingerprint density at radius 1 is 1.05 bits per heavy atom. The molecule has 3 atom stereocenters. The number of ether oxygens (including phenoxy) is 2. The molecule has 5 rings (SSSR count). The standard InChI is InChI=1S/C34H47N3O5/c1-23-19-27(30(35)38)29(41-22-26-9-7-6-8-10-26)20-28(23)33-13-16-36(31(39)42-32(3,4)5)18-15-34(33,40)24(2)37(17-14-33)21-25-11-12-25/h6-10,19-20,24-25,40H,11-18,21-22H2,1-5H3,(H2,35,38). The molecule has 3 unspecified atom stereocenters. The van der Waals surface area contributed by atoms with Crippen LogP contribution in [0, 0.1) is 12.8 Å². The summed E-state index contributed by atoms with van der Waals surface area (Å²) in [5.74, 6) is 0.567. The van der Waals surface area contributed by atoms with Gasteiger partial charge in [-0.15, -0.1) is 0 Å². The second-order valence-corrected chi connectivity index (χ2v) is 13.6. The number of hydrogen-bond donors (Lipinski definition) is 2. The summed E-state index contributed by atoms with van der Waals surface area (Å²) in [6.45, 7) is 12.7. The number of likely N-dealkylation sites (tertiary alicyclic amines) is 2. The smallest absolute Gasteiger partial charge is 0.410 e. The van der Waals surface area contributed by atoms with E-state index in [2.05, 4.69) is 11.8 Å². The van der Waals surface area contributed by atoms with Gasteiger partial charge in [0, 0.05) is 31.1 Å². The van der Waals surface area contributed by atoms with Crippen molar-refractivity contribution in [3.05, 3.63) is 64.7 Å². The van der Waals surface area contributed by atoms with Crippen molar-refractivity contribution < 1.29 is 24.2 Å². The van der Waals surface area contributed by atoms with Crippen molar-refractivity contribution in [3.8, 4) is 5.75 Å². The van der Waals surface area contributed by atoms with Gasteiger partial charge in [0.1, 0.15) is 18.0 Å². The van der Waals surface area contributed by atoms with Gasteiger partial charge in [0.05, 0.1) is 11.2 Å².